The smallest absolute Gasteiger partial charge is 0.303 e. The van der Waals surface area contributed by atoms with Gasteiger partial charge >= 0.3 is 5.97 Å². The van der Waals surface area contributed by atoms with Crippen molar-refractivity contribution in [1.82, 2.24) is 10.6 Å². The monoisotopic (exact) mass is 281 g/mol. The predicted molar refractivity (Wildman–Crippen MR) is 73.3 cm³/mol. The van der Waals surface area contributed by atoms with E-state index in [1.807, 2.05) is 6.08 Å². The largest absolute Gasteiger partial charge is 0.481 e. The van der Waals surface area contributed by atoms with E-state index in [4.69, 9.17) is 5.11 Å². The quantitative estimate of drug-likeness (QED) is 0.553. The van der Waals surface area contributed by atoms with E-state index in [1.54, 1.807) is 6.21 Å². The highest BCUT2D eigenvalue weighted by Crippen LogP contribution is 2.12. The molecule has 0 spiro atoms. The van der Waals surface area contributed by atoms with E-state index in [2.05, 4.69) is 15.6 Å². The Kier molecular flexibility index (Phi) is 6.42. The molecule has 3 N–H and O–H groups in total. The van der Waals surface area contributed by atoms with Crippen LogP contribution in [-0.4, -0.2) is 41.7 Å². The summed E-state index contributed by atoms with van der Waals surface area (Å²) < 4.78 is 0. The van der Waals surface area contributed by atoms with E-state index in [9.17, 15) is 14.4 Å². The van der Waals surface area contributed by atoms with Crippen LogP contribution in [0.15, 0.2) is 16.8 Å². The Morgan fingerprint density at radius 2 is 2.20 bits per heavy atom. The van der Waals surface area contributed by atoms with Gasteiger partial charge in [-0.3, -0.25) is 19.4 Å². The number of hydrogen-bond donors (Lipinski definition) is 3. The summed E-state index contributed by atoms with van der Waals surface area (Å²) in [5, 5.41) is 13.7. The Balaban J connectivity index is 2.44. The molecule has 1 heterocycles. The Morgan fingerprint density at radius 3 is 2.75 bits per heavy atom. The Labute approximate surface area is 117 Å². The van der Waals surface area contributed by atoms with Gasteiger partial charge in [-0.1, -0.05) is 6.08 Å². The molecule has 110 valence electrons. The van der Waals surface area contributed by atoms with E-state index in [1.165, 1.54) is 6.92 Å². The van der Waals surface area contributed by atoms with Gasteiger partial charge in [-0.15, -0.1) is 0 Å². The highest BCUT2D eigenvalue weighted by Gasteiger charge is 2.21. The Morgan fingerprint density at radius 1 is 1.45 bits per heavy atom. The van der Waals surface area contributed by atoms with Crippen molar-refractivity contribution in [2.75, 3.05) is 6.54 Å². The molecule has 0 aliphatic carbocycles. The molecule has 0 fully saturated rings. The van der Waals surface area contributed by atoms with Crippen LogP contribution < -0.4 is 10.6 Å². The van der Waals surface area contributed by atoms with Crippen molar-refractivity contribution < 1.29 is 19.5 Å². The van der Waals surface area contributed by atoms with Gasteiger partial charge in [0.15, 0.2) is 0 Å². The molecule has 7 heteroatoms. The van der Waals surface area contributed by atoms with Crippen molar-refractivity contribution in [3.8, 4) is 0 Å². The lowest BCUT2D eigenvalue weighted by molar-refractivity contribution is -0.137. The summed E-state index contributed by atoms with van der Waals surface area (Å²) in [6.07, 6.45) is 5.07. The maximum absolute atomic E-state index is 12.0. The molecule has 1 atom stereocenters. The molecule has 1 aliphatic rings. The number of rotatable bonds is 8. The minimum atomic E-state index is -0.900. The normalized spacial score (nSPS) is 14.6. The first-order valence-corrected chi connectivity index (χ1v) is 6.47. The van der Waals surface area contributed by atoms with Crippen molar-refractivity contribution in [1.29, 1.82) is 0 Å². The SMILES string of the molecule is CC(=O)NC(CC1=CCC=N1)C(=O)NCCCC(=O)O. The second-order valence-corrected chi connectivity index (χ2v) is 4.49. The summed E-state index contributed by atoms with van der Waals surface area (Å²) in [5.74, 6) is -1.52. The van der Waals surface area contributed by atoms with E-state index in [-0.39, 0.29) is 24.8 Å². The molecule has 1 rings (SSSR count). The van der Waals surface area contributed by atoms with Crippen LogP contribution in [0.5, 0.6) is 0 Å². The first kappa shape index (κ1) is 15.9. The number of carboxylic acids is 1. The first-order chi connectivity index (χ1) is 9.49. The second-order valence-electron chi connectivity index (χ2n) is 4.49. The molecule has 1 aliphatic heterocycles. The van der Waals surface area contributed by atoms with Crippen LogP contribution in [0, 0.1) is 0 Å². The molecular formula is C13H19N3O4. The number of carbonyl (C=O) groups is 3. The zero-order valence-electron chi connectivity index (χ0n) is 11.4. The highest BCUT2D eigenvalue weighted by molar-refractivity contribution is 5.87. The van der Waals surface area contributed by atoms with E-state index in [0.717, 1.165) is 12.1 Å². The van der Waals surface area contributed by atoms with Crippen LogP contribution in [0.2, 0.25) is 0 Å². The van der Waals surface area contributed by atoms with E-state index < -0.39 is 12.0 Å². The third-order valence-electron chi connectivity index (χ3n) is 2.69. The van der Waals surface area contributed by atoms with Gasteiger partial charge in [0.25, 0.3) is 0 Å². The summed E-state index contributed by atoms with van der Waals surface area (Å²) >= 11 is 0. The lowest BCUT2D eigenvalue weighted by Crippen LogP contribution is -2.46. The molecule has 0 bridgehead atoms. The Hall–Kier alpha value is -2.18. The number of nitrogens with zero attached hydrogens (tertiary/aromatic N) is 1. The minimum absolute atomic E-state index is 0.000525. The first-order valence-electron chi connectivity index (χ1n) is 6.47. The number of hydrogen-bond acceptors (Lipinski definition) is 4. The molecule has 0 saturated carbocycles. The number of nitrogens with one attached hydrogen (secondary N) is 2. The van der Waals surface area contributed by atoms with Crippen LogP contribution in [0.1, 0.15) is 32.6 Å². The fourth-order valence-electron chi connectivity index (χ4n) is 1.79. The van der Waals surface area contributed by atoms with Crippen molar-refractivity contribution in [2.24, 2.45) is 4.99 Å². The van der Waals surface area contributed by atoms with E-state index >= 15 is 0 Å². The van der Waals surface area contributed by atoms with Gasteiger partial charge in [-0.2, -0.15) is 0 Å². The average molecular weight is 281 g/mol. The number of carboxylic acid groups (broad SMARTS) is 1. The van der Waals surface area contributed by atoms with Crippen molar-refractivity contribution >= 4 is 24.0 Å². The average Bonchev–Trinajstić information content (AvgIpc) is 2.85. The standard InChI is InChI=1S/C13H19N3O4/c1-9(17)16-11(8-10-4-2-6-14-10)13(20)15-7-3-5-12(18)19/h4,6,11H,2-3,5,7-8H2,1H3,(H,15,20)(H,16,17)(H,18,19). The molecule has 20 heavy (non-hydrogen) atoms. The van der Waals surface area contributed by atoms with Gasteiger partial charge < -0.3 is 15.7 Å². The van der Waals surface area contributed by atoms with Gasteiger partial charge in [0.05, 0.1) is 0 Å². The lowest BCUT2D eigenvalue weighted by Gasteiger charge is -2.17. The predicted octanol–water partition coefficient (Wildman–Crippen LogP) is 0.221. The molecule has 7 nitrogen and oxygen atoms in total. The van der Waals surface area contributed by atoms with Gasteiger partial charge in [0, 0.05) is 44.6 Å². The van der Waals surface area contributed by atoms with Gasteiger partial charge in [0.1, 0.15) is 6.04 Å². The topological polar surface area (TPSA) is 108 Å². The molecule has 0 aromatic carbocycles. The van der Waals surface area contributed by atoms with Gasteiger partial charge in [-0.05, 0) is 6.42 Å². The summed E-state index contributed by atoms with van der Waals surface area (Å²) in [6, 6.07) is -0.682. The molecule has 0 saturated heterocycles. The minimum Gasteiger partial charge on any atom is -0.481 e. The lowest BCUT2D eigenvalue weighted by atomic mass is 10.1. The van der Waals surface area contributed by atoms with Crippen LogP contribution in [-0.2, 0) is 14.4 Å². The molecule has 0 aromatic heterocycles. The number of aliphatic imine (C=N–C) groups is 1. The number of amides is 2. The molecular weight excluding hydrogens is 262 g/mol. The summed E-state index contributed by atoms with van der Waals surface area (Å²) in [7, 11) is 0. The summed E-state index contributed by atoms with van der Waals surface area (Å²) in [4.78, 5) is 37.6. The van der Waals surface area contributed by atoms with Crippen LogP contribution in [0.3, 0.4) is 0 Å². The third-order valence-corrected chi connectivity index (χ3v) is 2.69. The van der Waals surface area contributed by atoms with Crippen LogP contribution >= 0.6 is 0 Å². The van der Waals surface area contributed by atoms with Crippen molar-refractivity contribution in [3.05, 3.63) is 11.8 Å². The maximum atomic E-state index is 12.0. The molecule has 1 unspecified atom stereocenters. The maximum Gasteiger partial charge on any atom is 0.303 e. The number of allylic oxidation sites excluding steroid dienone is 1. The van der Waals surface area contributed by atoms with Crippen molar-refractivity contribution in [2.45, 2.75) is 38.6 Å². The third kappa shape index (κ3) is 6.12. The summed E-state index contributed by atoms with van der Waals surface area (Å²) in [6.45, 7) is 1.61. The van der Waals surface area contributed by atoms with E-state index in [0.29, 0.717) is 12.8 Å². The summed E-state index contributed by atoms with van der Waals surface area (Å²) in [5.41, 5.74) is 0.768. The fraction of sp³-hybridized carbons (Fsp3) is 0.538. The van der Waals surface area contributed by atoms with Crippen LogP contribution in [0.4, 0.5) is 0 Å². The van der Waals surface area contributed by atoms with Gasteiger partial charge in [0.2, 0.25) is 11.8 Å². The molecule has 0 radical (unpaired) electrons. The number of aliphatic carboxylic acids is 1. The van der Waals surface area contributed by atoms with Crippen molar-refractivity contribution in [3.63, 3.8) is 0 Å². The van der Waals surface area contributed by atoms with Crippen LogP contribution in [0.25, 0.3) is 0 Å². The zero-order valence-corrected chi connectivity index (χ0v) is 11.4. The number of carbonyl (C=O) groups excluding carboxylic acids is 2. The molecule has 2 amide bonds. The Bertz CT molecular complexity index is 443. The fourth-order valence-corrected chi connectivity index (χ4v) is 1.79. The second kappa shape index (κ2) is 8.08. The highest BCUT2D eigenvalue weighted by atomic mass is 16.4. The van der Waals surface area contributed by atoms with Gasteiger partial charge in [-0.25, -0.2) is 0 Å². The zero-order chi connectivity index (χ0) is 15.0. The molecule has 0 aromatic rings.